The highest BCUT2D eigenvalue weighted by Crippen LogP contribution is 2.23. The molecule has 6 rings (SSSR count). The third-order valence-corrected chi connectivity index (χ3v) is 7.92. The van der Waals surface area contributed by atoms with Gasteiger partial charge in [0.2, 0.25) is 0 Å². The van der Waals surface area contributed by atoms with Gasteiger partial charge in [0.05, 0.1) is 26.1 Å². The fourth-order valence-electron chi connectivity index (χ4n) is 4.89. The summed E-state index contributed by atoms with van der Waals surface area (Å²) in [6.07, 6.45) is 0.415. The number of cyclic esters (lactones) is 2. The molecule has 2 aromatic heterocycles. The zero-order valence-electron chi connectivity index (χ0n) is 23.0. The number of carbonyl (C=O) groups excluding carboxylic acids is 4. The Morgan fingerprint density at radius 3 is 1.52 bits per heavy atom. The number of ether oxygens (including phenoxy) is 2. The van der Waals surface area contributed by atoms with Crippen molar-refractivity contribution in [1.29, 1.82) is 0 Å². The summed E-state index contributed by atoms with van der Waals surface area (Å²) < 4.78 is 9.91. The molecule has 0 radical (unpaired) electrons. The van der Waals surface area contributed by atoms with Gasteiger partial charge in [-0.05, 0) is 48.5 Å². The van der Waals surface area contributed by atoms with Crippen LogP contribution in [0, 0.1) is 11.8 Å². The summed E-state index contributed by atoms with van der Waals surface area (Å²) in [5, 5.41) is 8.78. The SMILES string of the molecule is C[C@H]1COC(=O)C[C@@H]1NC(=O)c1cc2cc(Cl)ccc2[nH]1.C[C@H]1COC(=O)C[C@H]1NC(=O)c1cc2cc(Cl)ccc2[nH]1. The molecule has 4 heterocycles. The number of aromatic amines is 2. The highest BCUT2D eigenvalue weighted by Gasteiger charge is 2.30. The van der Waals surface area contributed by atoms with Crippen LogP contribution in [0.1, 0.15) is 47.7 Å². The van der Waals surface area contributed by atoms with Gasteiger partial charge in [0.25, 0.3) is 11.8 Å². The minimum Gasteiger partial charge on any atom is -0.465 e. The molecule has 42 heavy (non-hydrogen) atoms. The number of rotatable bonds is 4. The van der Waals surface area contributed by atoms with Crippen molar-refractivity contribution in [3.05, 3.63) is 70.0 Å². The molecular weight excluding hydrogens is 583 g/mol. The van der Waals surface area contributed by atoms with Gasteiger partial charge in [-0.2, -0.15) is 0 Å². The first-order chi connectivity index (χ1) is 20.0. The zero-order valence-corrected chi connectivity index (χ0v) is 24.5. The van der Waals surface area contributed by atoms with Crippen molar-refractivity contribution in [2.24, 2.45) is 11.8 Å². The second-order valence-corrected chi connectivity index (χ2v) is 11.6. The number of fused-ring (bicyclic) bond motifs is 2. The van der Waals surface area contributed by atoms with Crippen molar-refractivity contribution in [3.63, 3.8) is 0 Å². The van der Waals surface area contributed by atoms with Crippen LogP contribution in [0.2, 0.25) is 10.0 Å². The van der Waals surface area contributed by atoms with E-state index < -0.39 is 0 Å². The third-order valence-electron chi connectivity index (χ3n) is 7.45. The van der Waals surface area contributed by atoms with Crippen LogP contribution in [0.15, 0.2) is 48.5 Å². The molecule has 0 unspecified atom stereocenters. The van der Waals surface area contributed by atoms with E-state index in [1.807, 2.05) is 26.0 Å². The Balaban J connectivity index is 0.000000168. The first-order valence-electron chi connectivity index (χ1n) is 13.5. The molecule has 0 saturated carbocycles. The Bertz CT molecular complexity index is 1540. The van der Waals surface area contributed by atoms with E-state index in [0.29, 0.717) is 34.6 Å². The molecule has 2 amide bonds. The molecule has 4 atom stereocenters. The number of H-pyrrole nitrogens is 2. The van der Waals surface area contributed by atoms with E-state index in [-0.39, 0.29) is 60.5 Å². The number of benzene rings is 2. The van der Waals surface area contributed by atoms with Gasteiger partial charge in [0.1, 0.15) is 11.4 Å². The normalized spacial score (nSPS) is 22.1. The fraction of sp³-hybridized carbons (Fsp3) is 0.333. The Morgan fingerprint density at radius 2 is 1.12 bits per heavy atom. The van der Waals surface area contributed by atoms with Crippen molar-refractivity contribution >= 4 is 68.8 Å². The highest BCUT2D eigenvalue weighted by molar-refractivity contribution is 6.31. The lowest BCUT2D eigenvalue weighted by Crippen LogP contribution is -2.46. The lowest BCUT2D eigenvalue weighted by molar-refractivity contribution is -0.151. The predicted octanol–water partition coefficient (Wildman–Crippen LogP) is 5.01. The van der Waals surface area contributed by atoms with E-state index in [4.69, 9.17) is 32.7 Å². The second kappa shape index (κ2) is 12.5. The minimum absolute atomic E-state index is 0.102. The number of esters is 2. The monoisotopic (exact) mass is 612 g/mol. The fourth-order valence-corrected chi connectivity index (χ4v) is 5.25. The van der Waals surface area contributed by atoms with Crippen LogP contribution in [-0.2, 0) is 19.1 Å². The average molecular weight is 613 g/mol. The molecular formula is C30H30Cl2N4O6. The summed E-state index contributed by atoms with van der Waals surface area (Å²) in [7, 11) is 0. The lowest BCUT2D eigenvalue weighted by atomic mass is 9.97. The van der Waals surface area contributed by atoms with Gasteiger partial charge >= 0.3 is 11.9 Å². The Hall–Kier alpha value is -4.02. The standard InChI is InChI=1S/2C15H15ClN2O3/c2*1-8-7-21-14(19)6-12(8)18-15(20)13-5-9-4-10(16)2-3-11(9)17-13/h2*2-5,8,12,17H,6-7H2,1H3,(H,18,20)/t8-,12+;8-,12-/m00/s1. The molecule has 10 nitrogen and oxygen atoms in total. The summed E-state index contributed by atoms with van der Waals surface area (Å²) in [5.41, 5.74) is 2.61. The van der Waals surface area contributed by atoms with Crippen LogP contribution in [0.3, 0.4) is 0 Å². The molecule has 2 aromatic carbocycles. The molecule has 2 aliphatic rings. The summed E-state index contributed by atoms with van der Waals surface area (Å²) >= 11 is 11.9. The van der Waals surface area contributed by atoms with Crippen molar-refractivity contribution in [2.75, 3.05) is 13.2 Å². The summed E-state index contributed by atoms with van der Waals surface area (Å²) in [6, 6.07) is 13.9. The van der Waals surface area contributed by atoms with Crippen molar-refractivity contribution < 1.29 is 28.7 Å². The van der Waals surface area contributed by atoms with Crippen LogP contribution in [0.4, 0.5) is 0 Å². The predicted molar refractivity (Wildman–Crippen MR) is 159 cm³/mol. The Kier molecular flexibility index (Phi) is 8.74. The molecule has 0 bridgehead atoms. The van der Waals surface area contributed by atoms with Gasteiger partial charge in [-0.15, -0.1) is 0 Å². The van der Waals surface area contributed by atoms with Crippen molar-refractivity contribution in [1.82, 2.24) is 20.6 Å². The van der Waals surface area contributed by atoms with E-state index in [9.17, 15) is 19.2 Å². The molecule has 12 heteroatoms. The maximum absolute atomic E-state index is 12.3. The number of halogens is 2. The molecule has 4 aromatic rings. The van der Waals surface area contributed by atoms with Gasteiger partial charge in [0.15, 0.2) is 0 Å². The molecule has 2 fully saturated rings. The van der Waals surface area contributed by atoms with Crippen LogP contribution in [0.5, 0.6) is 0 Å². The van der Waals surface area contributed by atoms with Gasteiger partial charge in [-0.1, -0.05) is 37.0 Å². The summed E-state index contributed by atoms with van der Waals surface area (Å²) in [4.78, 5) is 53.3. The quantitative estimate of drug-likeness (QED) is 0.239. The molecule has 2 saturated heterocycles. The average Bonchev–Trinajstić information content (AvgIpc) is 3.57. The van der Waals surface area contributed by atoms with E-state index in [1.54, 1.807) is 36.4 Å². The molecule has 2 aliphatic heterocycles. The Morgan fingerprint density at radius 1 is 0.714 bits per heavy atom. The number of amides is 2. The van der Waals surface area contributed by atoms with E-state index >= 15 is 0 Å². The summed E-state index contributed by atoms with van der Waals surface area (Å²) in [5.74, 6) is -0.803. The second-order valence-electron chi connectivity index (χ2n) is 10.7. The maximum atomic E-state index is 12.3. The van der Waals surface area contributed by atoms with Crippen LogP contribution in [0.25, 0.3) is 21.8 Å². The highest BCUT2D eigenvalue weighted by atomic mass is 35.5. The van der Waals surface area contributed by atoms with Gasteiger partial charge in [-0.25, -0.2) is 0 Å². The van der Waals surface area contributed by atoms with Gasteiger partial charge in [0, 0.05) is 55.8 Å². The molecule has 4 N–H and O–H groups in total. The lowest BCUT2D eigenvalue weighted by Gasteiger charge is -2.28. The molecule has 0 aliphatic carbocycles. The number of hydrogen-bond donors (Lipinski definition) is 4. The smallest absolute Gasteiger partial charge is 0.307 e. The number of hydrogen-bond acceptors (Lipinski definition) is 6. The number of carbonyl (C=O) groups is 4. The van der Waals surface area contributed by atoms with E-state index in [1.165, 1.54) is 0 Å². The summed E-state index contributed by atoms with van der Waals surface area (Å²) in [6.45, 7) is 4.57. The largest absolute Gasteiger partial charge is 0.465 e. The first kappa shape index (κ1) is 29.5. The van der Waals surface area contributed by atoms with E-state index in [0.717, 1.165) is 21.8 Å². The minimum atomic E-state index is -0.276. The van der Waals surface area contributed by atoms with Crippen LogP contribution < -0.4 is 10.6 Å². The zero-order chi connectivity index (χ0) is 30.0. The number of aromatic nitrogens is 2. The van der Waals surface area contributed by atoms with Gasteiger partial charge in [-0.3, -0.25) is 19.2 Å². The number of nitrogens with one attached hydrogen (secondary N) is 4. The van der Waals surface area contributed by atoms with Crippen molar-refractivity contribution in [3.8, 4) is 0 Å². The molecule has 220 valence electrons. The Labute approximate surface area is 251 Å². The van der Waals surface area contributed by atoms with Crippen LogP contribution >= 0.6 is 23.2 Å². The van der Waals surface area contributed by atoms with E-state index in [2.05, 4.69) is 20.6 Å². The van der Waals surface area contributed by atoms with Crippen molar-refractivity contribution in [2.45, 2.75) is 38.8 Å². The third kappa shape index (κ3) is 6.88. The maximum Gasteiger partial charge on any atom is 0.307 e. The topological polar surface area (TPSA) is 142 Å². The van der Waals surface area contributed by atoms with Crippen LogP contribution in [-0.4, -0.2) is 59.0 Å². The molecule has 0 spiro atoms. The first-order valence-corrected chi connectivity index (χ1v) is 14.3. The van der Waals surface area contributed by atoms with Gasteiger partial charge < -0.3 is 30.1 Å².